The van der Waals surface area contributed by atoms with Gasteiger partial charge in [0.25, 0.3) is 0 Å². The fourth-order valence-electron chi connectivity index (χ4n) is 2.47. The van der Waals surface area contributed by atoms with Crippen molar-refractivity contribution in [2.45, 2.75) is 59.5 Å². The van der Waals surface area contributed by atoms with Gasteiger partial charge in [0, 0.05) is 22.7 Å². The second-order valence-corrected chi connectivity index (χ2v) is 7.31. The smallest absolute Gasteiger partial charge is 0.0794 e. The van der Waals surface area contributed by atoms with Crippen LogP contribution in [0.3, 0.4) is 0 Å². The minimum Gasteiger partial charge on any atom is -0.304 e. The van der Waals surface area contributed by atoms with E-state index >= 15 is 0 Å². The minimum absolute atomic E-state index is 0.154. The highest BCUT2D eigenvalue weighted by Gasteiger charge is 2.27. The minimum atomic E-state index is 0.154. The molecule has 1 aromatic heterocycles. The molecule has 16 heavy (non-hydrogen) atoms. The zero-order valence-corrected chi connectivity index (χ0v) is 12.1. The van der Waals surface area contributed by atoms with Crippen molar-refractivity contribution in [3.63, 3.8) is 0 Å². The number of nitrogens with zero attached hydrogens (tertiary/aromatic N) is 1. The molecule has 92 valence electrons. The average Bonchev–Trinajstić information content (AvgIpc) is 2.48. The SMILES string of the molecule is CC(NC(C)(C)CC(C)(C)C)c1cncs1. The fourth-order valence-corrected chi connectivity index (χ4v) is 3.10. The first-order chi connectivity index (χ1) is 7.20. The normalized spacial score (nSPS) is 15.1. The molecule has 0 saturated carbocycles. The van der Waals surface area contributed by atoms with Gasteiger partial charge < -0.3 is 5.32 Å². The summed E-state index contributed by atoms with van der Waals surface area (Å²) in [4.78, 5) is 5.43. The van der Waals surface area contributed by atoms with Crippen LogP contribution in [-0.4, -0.2) is 10.5 Å². The van der Waals surface area contributed by atoms with E-state index in [0.717, 1.165) is 6.42 Å². The fraction of sp³-hybridized carbons (Fsp3) is 0.769. The number of rotatable bonds is 4. The summed E-state index contributed by atoms with van der Waals surface area (Å²) in [7, 11) is 0. The summed E-state index contributed by atoms with van der Waals surface area (Å²) in [6, 6.07) is 0.379. The van der Waals surface area contributed by atoms with Crippen molar-refractivity contribution in [3.05, 3.63) is 16.6 Å². The molecule has 0 fully saturated rings. The van der Waals surface area contributed by atoms with Crippen LogP contribution in [-0.2, 0) is 0 Å². The van der Waals surface area contributed by atoms with E-state index in [9.17, 15) is 0 Å². The molecule has 2 nitrogen and oxygen atoms in total. The summed E-state index contributed by atoms with van der Waals surface area (Å²) in [5.41, 5.74) is 2.40. The van der Waals surface area contributed by atoms with Crippen LogP contribution < -0.4 is 5.32 Å². The van der Waals surface area contributed by atoms with Crippen molar-refractivity contribution in [2.24, 2.45) is 5.41 Å². The van der Waals surface area contributed by atoms with Gasteiger partial charge >= 0.3 is 0 Å². The van der Waals surface area contributed by atoms with Crippen molar-refractivity contribution in [2.75, 3.05) is 0 Å². The van der Waals surface area contributed by atoms with Crippen LogP contribution in [0.25, 0.3) is 0 Å². The van der Waals surface area contributed by atoms with Crippen LogP contribution >= 0.6 is 11.3 Å². The van der Waals surface area contributed by atoms with Gasteiger partial charge in [-0.25, -0.2) is 0 Å². The van der Waals surface area contributed by atoms with Gasteiger partial charge in [-0.15, -0.1) is 11.3 Å². The summed E-state index contributed by atoms with van der Waals surface area (Å²) in [6.45, 7) is 13.6. The molecular formula is C13H24N2S. The average molecular weight is 240 g/mol. The van der Waals surface area contributed by atoms with E-state index < -0.39 is 0 Å². The van der Waals surface area contributed by atoms with Crippen LogP contribution in [0.15, 0.2) is 11.7 Å². The monoisotopic (exact) mass is 240 g/mol. The van der Waals surface area contributed by atoms with Crippen molar-refractivity contribution in [1.29, 1.82) is 0 Å². The highest BCUT2D eigenvalue weighted by Crippen LogP contribution is 2.29. The Morgan fingerprint density at radius 2 is 1.94 bits per heavy atom. The third kappa shape index (κ3) is 4.62. The molecule has 0 radical (unpaired) electrons. The first-order valence-corrected chi connectivity index (χ1v) is 6.74. The predicted molar refractivity (Wildman–Crippen MR) is 71.8 cm³/mol. The molecule has 1 heterocycles. The first-order valence-electron chi connectivity index (χ1n) is 5.86. The van der Waals surface area contributed by atoms with Gasteiger partial charge in [-0.3, -0.25) is 4.98 Å². The molecule has 0 bridgehead atoms. The molecule has 1 rings (SSSR count). The highest BCUT2D eigenvalue weighted by molar-refractivity contribution is 7.09. The third-order valence-electron chi connectivity index (χ3n) is 2.46. The molecular weight excluding hydrogens is 216 g/mol. The lowest BCUT2D eigenvalue weighted by atomic mass is 9.81. The van der Waals surface area contributed by atoms with Gasteiger partial charge in [0.15, 0.2) is 0 Å². The Balaban J connectivity index is 2.59. The van der Waals surface area contributed by atoms with Crippen molar-refractivity contribution in [3.8, 4) is 0 Å². The zero-order valence-electron chi connectivity index (χ0n) is 11.3. The molecule has 0 aromatic carbocycles. The zero-order chi connectivity index (χ0) is 12.4. The van der Waals surface area contributed by atoms with Crippen molar-refractivity contribution < 1.29 is 0 Å². The maximum Gasteiger partial charge on any atom is 0.0794 e. The molecule has 0 aliphatic heterocycles. The van der Waals surface area contributed by atoms with Crippen LogP contribution in [0.5, 0.6) is 0 Å². The Bertz CT molecular complexity index is 309. The van der Waals surface area contributed by atoms with Gasteiger partial charge in [-0.05, 0) is 32.6 Å². The maximum absolute atomic E-state index is 4.13. The van der Waals surface area contributed by atoms with E-state index in [1.165, 1.54) is 4.88 Å². The molecule has 3 heteroatoms. The number of aromatic nitrogens is 1. The largest absolute Gasteiger partial charge is 0.304 e. The van der Waals surface area contributed by atoms with Crippen LogP contribution in [0.1, 0.15) is 58.9 Å². The van der Waals surface area contributed by atoms with Crippen LogP contribution in [0.4, 0.5) is 0 Å². The highest BCUT2D eigenvalue weighted by atomic mass is 32.1. The number of nitrogens with one attached hydrogen (secondary N) is 1. The summed E-state index contributed by atoms with van der Waals surface area (Å²) in [6.07, 6.45) is 3.11. The Labute approximate surface area is 103 Å². The molecule has 0 saturated heterocycles. The van der Waals surface area contributed by atoms with E-state index in [1.54, 1.807) is 11.3 Å². The summed E-state index contributed by atoms with van der Waals surface area (Å²) >= 11 is 1.72. The Hall–Kier alpha value is -0.410. The number of hydrogen-bond donors (Lipinski definition) is 1. The molecule has 0 spiro atoms. The van der Waals surface area contributed by atoms with E-state index in [0.29, 0.717) is 11.5 Å². The van der Waals surface area contributed by atoms with Crippen molar-refractivity contribution >= 4 is 11.3 Å². The van der Waals surface area contributed by atoms with Crippen molar-refractivity contribution in [1.82, 2.24) is 10.3 Å². The molecule has 1 N–H and O–H groups in total. The first kappa shape index (κ1) is 13.7. The quantitative estimate of drug-likeness (QED) is 0.860. The summed E-state index contributed by atoms with van der Waals surface area (Å²) in [5, 5.41) is 3.69. The third-order valence-corrected chi connectivity index (χ3v) is 3.42. The van der Waals surface area contributed by atoms with E-state index in [2.05, 4.69) is 51.8 Å². The van der Waals surface area contributed by atoms with E-state index in [4.69, 9.17) is 0 Å². The molecule has 0 aliphatic carbocycles. The Morgan fingerprint density at radius 1 is 1.31 bits per heavy atom. The second kappa shape index (κ2) is 4.84. The molecule has 0 aliphatic rings. The summed E-state index contributed by atoms with van der Waals surface area (Å²) < 4.78 is 0. The van der Waals surface area contributed by atoms with Gasteiger partial charge in [0.1, 0.15) is 0 Å². The second-order valence-electron chi connectivity index (χ2n) is 6.39. The van der Waals surface area contributed by atoms with E-state index in [1.807, 2.05) is 11.7 Å². The lowest BCUT2D eigenvalue weighted by Gasteiger charge is -2.35. The molecule has 1 unspecified atom stereocenters. The standard InChI is InChI=1S/C13H24N2S/c1-10(11-7-14-9-16-11)15-13(5,6)8-12(2,3)4/h7,9-10,15H,8H2,1-6H3. The topological polar surface area (TPSA) is 24.9 Å². The summed E-state index contributed by atoms with van der Waals surface area (Å²) in [5.74, 6) is 0. The van der Waals surface area contributed by atoms with Gasteiger partial charge in [0.2, 0.25) is 0 Å². The Morgan fingerprint density at radius 3 is 2.38 bits per heavy atom. The molecule has 0 amide bonds. The number of thiazole rings is 1. The van der Waals surface area contributed by atoms with E-state index in [-0.39, 0.29) is 5.54 Å². The van der Waals surface area contributed by atoms with Gasteiger partial charge in [-0.1, -0.05) is 20.8 Å². The predicted octanol–water partition coefficient (Wildman–Crippen LogP) is 4.01. The lowest BCUT2D eigenvalue weighted by molar-refractivity contribution is 0.227. The maximum atomic E-state index is 4.13. The van der Waals surface area contributed by atoms with Crippen LogP contribution in [0.2, 0.25) is 0 Å². The molecule has 1 aromatic rings. The molecule has 1 atom stereocenters. The Kier molecular flexibility index (Phi) is 4.13. The van der Waals surface area contributed by atoms with Gasteiger partial charge in [0.05, 0.1) is 5.51 Å². The van der Waals surface area contributed by atoms with Crippen LogP contribution in [0, 0.1) is 5.41 Å². The lowest BCUT2D eigenvalue weighted by Crippen LogP contribution is -2.43. The number of hydrogen-bond acceptors (Lipinski definition) is 3. The van der Waals surface area contributed by atoms with Gasteiger partial charge in [-0.2, -0.15) is 0 Å².